The molecule has 2 aromatic carbocycles. The maximum absolute atomic E-state index is 13.1. The first-order valence-corrected chi connectivity index (χ1v) is 12.6. The predicted octanol–water partition coefficient (Wildman–Crippen LogP) is 4.41. The molecule has 2 N–H and O–H groups in total. The molecule has 0 aromatic heterocycles. The van der Waals surface area contributed by atoms with Gasteiger partial charge in [-0.1, -0.05) is 48.5 Å². The summed E-state index contributed by atoms with van der Waals surface area (Å²) >= 11 is 0. The van der Waals surface area contributed by atoms with Crippen molar-refractivity contribution in [2.24, 2.45) is 11.8 Å². The van der Waals surface area contributed by atoms with E-state index in [2.05, 4.69) is 29.6 Å². The Kier molecular flexibility index (Phi) is 6.50. The molecule has 184 valence electrons. The lowest BCUT2D eigenvalue weighted by Gasteiger charge is -2.37. The number of nitrogens with zero attached hydrogens (tertiary/aromatic N) is 1. The Hall–Kier alpha value is -3.35. The second kappa shape index (κ2) is 9.72. The van der Waals surface area contributed by atoms with Crippen LogP contribution in [0.4, 0.5) is 4.79 Å². The number of likely N-dealkylation sites (tertiary alicyclic amines) is 1. The van der Waals surface area contributed by atoms with Crippen molar-refractivity contribution in [3.8, 4) is 11.1 Å². The highest BCUT2D eigenvalue weighted by Gasteiger charge is 2.38. The highest BCUT2D eigenvalue weighted by molar-refractivity contribution is 5.81. The molecule has 2 aliphatic carbocycles. The summed E-state index contributed by atoms with van der Waals surface area (Å²) in [4.78, 5) is 38.8. The Labute approximate surface area is 205 Å². The average Bonchev–Trinajstić information content (AvgIpc) is 3.45. The number of piperidine rings is 1. The van der Waals surface area contributed by atoms with Gasteiger partial charge in [0.1, 0.15) is 6.61 Å². The molecule has 3 aliphatic rings. The van der Waals surface area contributed by atoms with Crippen LogP contribution < -0.4 is 5.32 Å². The van der Waals surface area contributed by atoms with Gasteiger partial charge in [0.15, 0.2) is 0 Å². The van der Waals surface area contributed by atoms with E-state index in [0.29, 0.717) is 25.8 Å². The standard InChI is InChI=1S/C28H32N2O5/c1-17-14-19(27(32)33)12-13-30(17)26(31)18-10-11-20(15-18)29-28(34)35-16-25-23-8-4-2-6-21(23)22-7-3-5-9-24(22)25/h2-9,17-20,25H,10-16H2,1H3,(H,29,34)(H,32,33)/t17-,18?,19-,20?/m1/s1. The summed E-state index contributed by atoms with van der Waals surface area (Å²) in [6.07, 6.45) is 2.60. The molecule has 2 unspecified atom stereocenters. The summed E-state index contributed by atoms with van der Waals surface area (Å²) in [6.45, 7) is 2.68. The van der Waals surface area contributed by atoms with Crippen molar-refractivity contribution in [2.45, 2.75) is 57.0 Å². The Bertz CT molecular complexity index is 1090. The molecule has 1 saturated heterocycles. The van der Waals surface area contributed by atoms with E-state index in [9.17, 15) is 19.5 Å². The SMILES string of the molecule is C[C@@H]1C[C@H](C(=O)O)CCN1C(=O)C1CCC(NC(=O)OCC2c3ccccc3-c3ccccc32)C1. The van der Waals surface area contributed by atoms with Gasteiger partial charge in [0.2, 0.25) is 5.91 Å². The Balaban J connectivity index is 1.13. The molecule has 7 nitrogen and oxygen atoms in total. The van der Waals surface area contributed by atoms with Gasteiger partial charge in [-0.2, -0.15) is 0 Å². The van der Waals surface area contributed by atoms with Gasteiger partial charge >= 0.3 is 12.1 Å². The molecule has 2 fully saturated rings. The number of hydrogen-bond acceptors (Lipinski definition) is 4. The Morgan fingerprint density at radius 3 is 2.23 bits per heavy atom. The van der Waals surface area contributed by atoms with Crippen molar-refractivity contribution in [3.63, 3.8) is 0 Å². The number of carbonyl (C=O) groups excluding carboxylic acids is 2. The van der Waals surface area contributed by atoms with E-state index in [0.717, 1.165) is 12.8 Å². The minimum atomic E-state index is -0.780. The van der Waals surface area contributed by atoms with Gasteiger partial charge < -0.3 is 20.1 Å². The molecule has 5 rings (SSSR count). The topological polar surface area (TPSA) is 95.9 Å². The van der Waals surface area contributed by atoms with E-state index < -0.39 is 12.1 Å². The lowest BCUT2D eigenvalue weighted by atomic mass is 9.90. The number of benzene rings is 2. The van der Waals surface area contributed by atoms with Crippen LogP contribution in [0.3, 0.4) is 0 Å². The van der Waals surface area contributed by atoms with Crippen molar-refractivity contribution in [3.05, 3.63) is 59.7 Å². The van der Waals surface area contributed by atoms with Gasteiger partial charge in [-0.05, 0) is 61.3 Å². The molecule has 0 bridgehead atoms. The second-order valence-corrected chi connectivity index (χ2v) is 10.1. The van der Waals surface area contributed by atoms with E-state index >= 15 is 0 Å². The number of carboxylic acid groups (broad SMARTS) is 1. The highest BCUT2D eigenvalue weighted by Crippen LogP contribution is 2.44. The van der Waals surface area contributed by atoms with Crippen LogP contribution in [0.15, 0.2) is 48.5 Å². The molecule has 4 atom stereocenters. The van der Waals surface area contributed by atoms with Crippen molar-refractivity contribution in [2.75, 3.05) is 13.2 Å². The molecule has 1 saturated carbocycles. The molecule has 2 amide bonds. The number of aliphatic carboxylic acids is 1. The van der Waals surface area contributed by atoms with E-state index in [4.69, 9.17) is 4.74 Å². The third-order valence-electron chi connectivity index (χ3n) is 7.96. The quantitative estimate of drug-likeness (QED) is 0.667. The summed E-state index contributed by atoms with van der Waals surface area (Å²) < 4.78 is 5.66. The number of rotatable bonds is 5. The number of amides is 2. The first-order valence-electron chi connectivity index (χ1n) is 12.6. The molecule has 35 heavy (non-hydrogen) atoms. The zero-order valence-corrected chi connectivity index (χ0v) is 20.0. The molecular weight excluding hydrogens is 444 g/mol. The maximum atomic E-state index is 13.1. The molecule has 0 radical (unpaired) electrons. The summed E-state index contributed by atoms with van der Waals surface area (Å²) in [5.41, 5.74) is 4.73. The number of hydrogen-bond donors (Lipinski definition) is 2. The van der Waals surface area contributed by atoms with Gasteiger partial charge in [0.05, 0.1) is 5.92 Å². The predicted molar refractivity (Wildman–Crippen MR) is 131 cm³/mol. The summed E-state index contributed by atoms with van der Waals surface area (Å²) in [7, 11) is 0. The van der Waals surface area contributed by atoms with Gasteiger partial charge in [0.25, 0.3) is 0 Å². The zero-order chi connectivity index (χ0) is 24.5. The van der Waals surface area contributed by atoms with Gasteiger partial charge in [-0.3, -0.25) is 9.59 Å². The van der Waals surface area contributed by atoms with E-state index in [1.54, 1.807) is 0 Å². The minimum Gasteiger partial charge on any atom is -0.481 e. The molecule has 1 aliphatic heterocycles. The van der Waals surface area contributed by atoms with Crippen LogP contribution in [-0.2, 0) is 14.3 Å². The zero-order valence-electron chi connectivity index (χ0n) is 20.0. The highest BCUT2D eigenvalue weighted by atomic mass is 16.5. The second-order valence-electron chi connectivity index (χ2n) is 10.1. The Morgan fingerprint density at radius 2 is 1.60 bits per heavy atom. The van der Waals surface area contributed by atoms with E-state index in [-0.39, 0.29) is 42.4 Å². The fourth-order valence-corrected chi connectivity index (χ4v) is 6.10. The smallest absolute Gasteiger partial charge is 0.407 e. The Morgan fingerprint density at radius 1 is 0.943 bits per heavy atom. The summed E-state index contributed by atoms with van der Waals surface area (Å²) in [6, 6.07) is 16.3. The van der Waals surface area contributed by atoms with Crippen molar-refractivity contribution >= 4 is 18.0 Å². The molecule has 7 heteroatoms. The van der Waals surface area contributed by atoms with Gasteiger partial charge in [0, 0.05) is 30.5 Å². The number of alkyl carbamates (subject to hydrolysis) is 1. The van der Waals surface area contributed by atoms with Crippen molar-refractivity contribution in [1.82, 2.24) is 10.2 Å². The van der Waals surface area contributed by atoms with Crippen molar-refractivity contribution in [1.29, 1.82) is 0 Å². The first-order chi connectivity index (χ1) is 16.9. The number of carbonyl (C=O) groups is 3. The summed E-state index contributed by atoms with van der Waals surface area (Å²) in [5.74, 6) is -1.20. The number of nitrogens with one attached hydrogen (secondary N) is 1. The van der Waals surface area contributed by atoms with Crippen LogP contribution in [0.1, 0.15) is 56.1 Å². The van der Waals surface area contributed by atoms with Crippen LogP contribution in [0.25, 0.3) is 11.1 Å². The van der Waals surface area contributed by atoms with Crippen LogP contribution >= 0.6 is 0 Å². The van der Waals surface area contributed by atoms with E-state index in [1.165, 1.54) is 22.3 Å². The first kappa shape index (κ1) is 23.4. The molecule has 1 heterocycles. The van der Waals surface area contributed by atoms with Gasteiger partial charge in [-0.25, -0.2) is 4.79 Å². The van der Waals surface area contributed by atoms with Crippen LogP contribution in [0.5, 0.6) is 0 Å². The third kappa shape index (κ3) is 4.64. The molecule has 2 aromatic rings. The van der Waals surface area contributed by atoms with Gasteiger partial charge in [-0.15, -0.1) is 0 Å². The van der Waals surface area contributed by atoms with Crippen molar-refractivity contribution < 1.29 is 24.2 Å². The fourth-order valence-electron chi connectivity index (χ4n) is 6.10. The van der Waals surface area contributed by atoms with E-state index in [1.807, 2.05) is 36.1 Å². The van der Waals surface area contributed by atoms with Crippen LogP contribution in [0.2, 0.25) is 0 Å². The number of fused-ring (bicyclic) bond motifs is 3. The molecule has 0 spiro atoms. The minimum absolute atomic E-state index is 0.0151. The normalized spacial score (nSPS) is 25.6. The average molecular weight is 477 g/mol. The number of ether oxygens (including phenoxy) is 1. The lowest BCUT2D eigenvalue weighted by Crippen LogP contribution is -2.48. The van der Waals surface area contributed by atoms with Crippen LogP contribution in [0, 0.1) is 11.8 Å². The summed E-state index contributed by atoms with van der Waals surface area (Å²) in [5, 5.41) is 12.2. The third-order valence-corrected chi connectivity index (χ3v) is 7.96. The maximum Gasteiger partial charge on any atom is 0.407 e. The molecular formula is C28H32N2O5. The number of carboxylic acids is 1. The fraction of sp³-hybridized carbons (Fsp3) is 0.464. The monoisotopic (exact) mass is 476 g/mol. The largest absolute Gasteiger partial charge is 0.481 e. The lowest BCUT2D eigenvalue weighted by molar-refractivity contribution is -0.148. The van der Waals surface area contributed by atoms with Crippen LogP contribution in [-0.4, -0.2) is 53.2 Å².